The summed E-state index contributed by atoms with van der Waals surface area (Å²) < 4.78 is 12.4. The summed E-state index contributed by atoms with van der Waals surface area (Å²) in [7, 11) is 1.57. The molecular formula is C25H21IN2O4. The Kier molecular flexibility index (Phi) is 6.75. The van der Waals surface area contributed by atoms with Crippen LogP contribution >= 0.6 is 22.6 Å². The topological polar surface area (TPSA) is 67.9 Å². The van der Waals surface area contributed by atoms with E-state index in [0.29, 0.717) is 18.1 Å². The van der Waals surface area contributed by atoms with E-state index in [2.05, 4.69) is 27.9 Å². The van der Waals surface area contributed by atoms with E-state index in [1.807, 2.05) is 66.7 Å². The molecule has 1 heterocycles. The highest BCUT2D eigenvalue weighted by Crippen LogP contribution is 2.35. The molecule has 4 rings (SSSR count). The minimum atomic E-state index is -0.436. The SMILES string of the molecule is COc1cc(/C=C2/NC(=O)N(Cc3ccccc3)C2=O)cc(I)c1OCc1ccccc1. The highest BCUT2D eigenvalue weighted by atomic mass is 127. The second-order valence-electron chi connectivity index (χ2n) is 7.17. The van der Waals surface area contributed by atoms with E-state index in [1.54, 1.807) is 19.3 Å². The van der Waals surface area contributed by atoms with Crippen LogP contribution in [0.5, 0.6) is 11.5 Å². The number of carbonyl (C=O) groups excluding carboxylic acids is 2. The summed E-state index contributed by atoms with van der Waals surface area (Å²) in [6, 6.07) is 22.5. The standard InChI is InChI=1S/C25H21IN2O4/c1-31-22-14-19(12-20(26)23(22)32-16-18-10-6-3-7-11-18)13-21-24(29)28(25(30)27-21)15-17-8-4-2-5-9-17/h2-14H,15-16H2,1H3,(H,27,30)/b21-13+. The Morgan fingerprint density at radius 2 is 1.62 bits per heavy atom. The molecule has 7 heteroatoms. The van der Waals surface area contributed by atoms with Crippen LogP contribution in [0.1, 0.15) is 16.7 Å². The first-order valence-corrected chi connectivity index (χ1v) is 11.1. The van der Waals surface area contributed by atoms with Gasteiger partial charge in [-0.15, -0.1) is 0 Å². The predicted octanol–water partition coefficient (Wildman–Crippen LogP) is 4.97. The average molecular weight is 540 g/mol. The molecule has 0 unspecified atom stereocenters. The fourth-order valence-electron chi connectivity index (χ4n) is 3.34. The number of amides is 3. The van der Waals surface area contributed by atoms with Crippen LogP contribution in [0.15, 0.2) is 78.5 Å². The van der Waals surface area contributed by atoms with E-state index in [4.69, 9.17) is 9.47 Å². The van der Waals surface area contributed by atoms with Gasteiger partial charge in [-0.3, -0.25) is 9.69 Å². The molecule has 0 atom stereocenters. The van der Waals surface area contributed by atoms with E-state index in [0.717, 1.165) is 20.3 Å². The molecule has 0 saturated carbocycles. The molecule has 0 aliphatic carbocycles. The zero-order chi connectivity index (χ0) is 22.5. The van der Waals surface area contributed by atoms with Gasteiger partial charge in [0.15, 0.2) is 11.5 Å². The lowest BCUT2D eigenvalue weighted by atomic mass is 10.1. The van der Waals surface area contributed by atoms with E-state index in [-0.39, 0.29) is 18.1 Å². The molecule has 0 aromatic heterocycles. The van der Waals surface area contributed by atoms with E-state index in [9.17, 15) is 9.59 Å². The van der Waals surface area contributed by atoms with Gasteiger partial charge >= 0.3 is 6.03 Å². The van der Waals surface area contributed by atoms with Gasteiger partial charge in [0.25, 0.3) is 5.91 Å². The van der Waals surface area contributed by atoms with Crippen molar-refractivity contribution in [1.29, 1.82) is 0 Å². The number of imide groups is 1. The van der Waals surface area contributed by atoms with E-state index < -0.39 is 6.03 Å². The zero-order valence-corrected chi connectivity index (χ0v) is 19.5. The first kappa shape index (κ1) is 21.9. The summed E-state index contributed by atoms with van der Waals surface area (Å²) in [5.41, 5.74) is 2.88. The number of methoxy groups -OCH3 is 1. The van der Waals surface area contributed by atoms with Crippen molar-refractivity contribution in [3.05, 3.63) is 98.8 Å². The molecule has 1 fully saturated rings. The number of urea groups is 1. The molecule has 0 spiro atoms. The molecule has 0 bridgehead atoms. The maximum atomic E-state index is 12.8. The monoisotopic (exact) mass is 540 g/mol. The predicted molar refractivity (Wildman–Crippen MR) is 130 cm³/mol. The quantitative estimate of drug-likeness (QED) is 0.261. The summed E-state index contributed by atoms with van der Waals surface area (Å²) >= 11 is 2.18. The summed E-state index contributed by atoms with van der Waals surface area (Å²) in [6.45, 7) is 0.632. The fraction of sp³-hybridized carbons (Fsp3) is 0.120. The van der Waals surface area contributed by atoms with Crippen LogP contribution in [-0.2, 0) is 17.9 Å². The Balaban J connectivity index is 1.54. The lowest BCUT2D eigenvalue weighted by molar-refractivity contribution is -0.123. The van der Waals surface area contributed by atoms with Gasteiger partial charge in [0.2, 0.25) is 0 Å². The smallest absolute Gasteiger partial charge is 0.329 e. The van der Waals surface area contributed by atoms with Crippen LogP contribution in [-0.4, -0.2) is 23.9 Å². The maximum Gasteiger partial charge on any atom is 0.329 e. The summed E-state index contributed by atoms with van der Waals surface area (Å²) in [5.74, 6) is 0.821. The number of nitrogens with one attached hydrogen (secondary N) is 1. The average Bonchev–Trinajstić information content (AvgIpc) is 3.06. The number of carbonyl (C=O) groups is 2. The Hall–Kier alpha value is -3.33. The number of nitrogens with zero attached hydrogens (tertiary/aromatic N) is 1. The maximum absolute atomic E-state index is 12.8. The normalized spacial score (nSPS) is 14.6. The van der Waals surface area contributed by atoms with E-state index in [1.165, 1.54) is 4.90 Å². The minimum absolute atomic E-state index is 0.218. The van der Waals surface area contributed by atoms with Crippen LogP contribution in [0.4, 0.5) is 4.79 Å². The largest absolute Gasteiger partial charge is 0.493 e. The number of hydrogen-bond acceptors (Lipinski definition) is 4. The van der Waals surface area contributed by atoms with Crippen molar-refractivity contribution in [2.75, 3.05) is 7.11 Å². The molecule has 1 aliphatic rings. The Morgan fingerprint density at radius 1 is 0.969 bits per heavy atom. The molecule has 32 heavy (non-hydrogen) atoms. The van der Waals surface area contributed by atoms with Crippen molar-refractivity contribution in [1.82, 2.24) is 10.2 Å². The first-order valence-electron chi connectivity index (χ1n) is 9.98. The number of halogens is 1. The van der Waals surface area contributed by atoms with Gasteiger partial charge < -0.3 is 14.8 Å². The molecule has 3 amide bonds. The molecule has 1 N–H and O–H groups in total. The van der Waals surface area contributed by atoms with Crippen molar-refractivity contribution >= 4 is 40.6 Å². The van der Waals surface area contributed by atoms with Gasteiger partial charge in [0, 0.05) is 0 Å². The number of ether oxygens (including phenoxy) is 2. The van der Waals surface area contributed by atoms with Crippen LogP contribution in [0.2, 0.25) is 0 Å². The molecule has 1 saturated heterocycles. The number of benzene rings is 3. The molecular weight excluding hydrogens is 519 g/mol. The Bertz CT molecular complexity index is 1160. The minimum Gasteiger partial charge on any atom is -0.493 e. The van der Waals surface area contributed by atoms with Gasteiger partial charge in [-0.1, -0.05) is 60.7 Å². The van der Waals surface area contributed by atoms with Gasteiger partial charge in [0.1, 0.15) is 12.3 Å². The van der Waals surface area contributed by atoms with Crippen LogP contribution in [0.3, 0.4) is 0 Å². The van der Waals surface area contributed by atoms with Gasteiger partial charge in [-0.2, -0.15) is 0 Å². The highest BCUT2D eigenvalue weighted by Gasteiger charge is 2.33. The lowest BCUT2D eigenvalue weighted by Gasteiger charge is -2.14. The molecule has 162 valence electrons. The zero-order valence-electron chi connectivity index (χ0n) is 17.4. The molecule has 1 aliphatic heterocycles. The summed E-state index contributed by atoms with van der Waals surface area (Å²) in [6.07, 6.45) is 1.65. The third-order valence-electron chi connectivity index (χ3n) is 4.93. The molecule has 6 nitrogen and oxygen atoms in total. The van der Waals surface area contributed by atoms with E-state index >= 15 is 0 Å². The van der Waals surface area contributed by atoms with Crippen molar-refractivity contribution in [2.24, 2.45) is 0 Å². The van der Waals surface area contributed by atoms with Crippen molar-refractivity contribution in [3.8, 4) is 11.5 Å². The van der Waals surface area contributed by atoms with Crippen LogP contribution in [0, 0.1) is 3.57 Å². The van der Waals surface area contributed by atoms with Crippen molar-refractivity contribution in [3.63, 3.8) is 0 Å². The van der Waals surface area contributed by atoms with Gasteiger partial charge in [-0.05, 0) is 57.5 Å². The highest BCUT2D eigenvalue weighted by molar-refractivity contribution is 14.1. The summed E-state index contributed by atoms with van der Waals surface area (Å²) in [5, 5.41) is 2.66. The molecule has 3 aromatic rings. The van der Waals surface area contributed by atoms with Crippen molar-refractivity contribution in [2.45, 2.75) is 13.2 Å². The number of rotatable bonds is 7. The Labute approximate surface area is 200 Å². The lowest BCUT2D eigenvalue weighted by Crippen LogP contribution is -2.30. The first-order chi connectivity index (χ1) is 15.5. The second-order valence-corrected chi connectivity index (χ2v) is 8.34. The third-order valence-corrected chi connectivity index (χ3v) is 5.74. The van der Waals surface area contributed by atoms with Crippen LogP contribution < -0.4 is 14.8 Å². The third kappa shape index (κ3) is 4.94. The summed E-state index contributed by atoms with van der Waals surface area (Å²) in [4.78, 5) is 26.4. The number of hydrogen-bond donors (Lipinski definition) is 1. The van der Waals surface area contributed by atoms with Gasteiger partial charge in [0.05, 0.1) is 17.2 Å². The second kappa shape index (κ2) is 9.86. The fourth-order valence-corrected chi connectivity index (χ4v) is 4.12. The Morgan fingerprint density at radius 3 is 2.28 bits per heavy atom. The van der Waals surface area contributed by atoms with Crippen molar-refractivity contribution < 1.29 is 19.1 Å². The molecule has 0 radical (unpaired) electrons. The molecule has 3 aromatic carbocycles. The van der Waals surface area contributed by atoms with Crippen LogP contribution in [0.25, 0.3) is 6.08 Å². The van der Waals surface area contributed by atoms with Gasteiger partial charge in [-0.25, -0.2) is 4.79 Å².